The Morgan fingerprint density at radius 2 is 1.95 bits per heavy atom. The van der Waals surface area contributed by atoms with E-state index in [4.69, 9.17) is 0 Å². The zero-order chi connectivity index (χ0) is 13.1. The normalized spacial score (nSPS) is 16.7. The van der Waals surface area contributed by atoms with Crippen LogP contribution in [0.4, 0.5) is 0 Å². The van der Waals surface area contributed by atoms with Crippen molar-refractivity contribution in [2.75, 3.05) is 13.1 Å². The van der Waals surface area contributed by atoms with Crippen LogP contribution in [-0.2, 0) is 6.42 Å². The van der Waals surface area contributed by atoms with Crippen LogP contribution in [0.3, 0.4) is 0 Å². The van der Waals surface area contributed by atoms with E-state index >= 15 is 0 Å². The van der Waals surface area contributed by atoms with E-state index in [0.717, 1.165) is 24.0 Å². The zero-order valence-corrected chi connectivity index (χ0v) is 12.4. The number of hydrogen-bond donors (Lipinski definition) is 1. The lowest BCUT2D eigenvalue weighted by Gasteiger charge is -2.25. The minimum atomic E-state index is 0.606. The van der Waals surface area contributed by atoms with Gasteiger partial charge in [0.15, 0.2) is 0 Å². The van der Waals surface area contributed by atoms with Gasteiger partial charge in [-0.15, -0.1) is 0 Å². The molecule has 1 aromatic heterocycles. The Balaban J connectivity index is 1.77. The van der Waals surface area contributed by atoms with Crippen LogP contribution in [0.2, 0.25) is 0 Å². The molecule has 0 bridgehead atoms. The van der Waals surface area contributed by atoms with Gasteiger partial charge in [-0.3, -0.25) is 0 Å². The molecule has 3 nitrogen and oxygen atoms in total. The Labute approximate surface area is 122 Å². The fourth-order valence-corrected chi connectivity index (χ4v) is 2.95. The monoisotopic (exact) mass is 319 g/mol. The molecule has 2 aromatic rings. The molecular weight excluding hydrogens is 302 g/mol. The molecule has 1 aliphatic heterocycles. The van der Waals surface area contributed by atoms with Gasteiger partial charge in [0.05, 0.1) is 0 Å². The third-order valence-electron chi connectivity index (χ3n) is 3.73. The topological polar surface area (TPSA) is 29.9 Å². The Hall–Kier alpha value is -1.13. The first-order chi connectivity index (χ1) is 9.33. The molecular formula is C15H18BrN3. The van der Waals surface area contributed by atoms with E-state index in [1.54, 1.807) is 0 Å². The molecule has 0 atom stereocenters. The Morgan fingerprint density at radius 1 is 1.21 bits per heavy atom. The smallest absolute Gasteiger partial charge is 0.113 e. The minimum absolute atomic E-state index is 0.606. The Bertz CT molecular complexity index is 527. The molecule has 0 unspecified atom stereocenters. The molecule has 1 N–H and O–H groups in total. The standard InChI is InChI=1S/C15H18BrN3/c16-13-3-1-12(2-4-13)11-15-18-9-10-19(15)14-5-7-17-8-6-14/h1-4,9-10,14,17H,5-8,11H2. The van der Waals surface area contributed by atoms with E-state index in [1.807, 2.05) is 6.20 Å². The van der Waals surface area contributed by atoms with Gasteiger partial charge in [-0.1, -0.05) is 28.1 Å². The van der Waals surface area contributed by atoms with Crippen LogP contribution in [0, 0.1) is 0 Å². The lowest BCUT2D eigenvalue weighted by molar-refractivity contribution is 0.361. The van der Waals surface area contributed by atoms with Crippen molar-refractivity contribution in [1.82, 2.24) is 14.9 Å². The molecule has 4 heteroatoms. The zero-order valence-electron chi connectivity index (χ0n) is 10.8. The summed E-state index contributed by atoms with van der Waals surface area (Å²) in [7, 11) is 0. The van der Waals surface area contributed by atoms with Gasteiger partial charge in [0.2, 0.25) is 0 Å². The lowest BCUT2D eigenvalue weighted by atomic mass is 10.1. The highest BCUT2D eigenvalue weighted by molar-refractivity contribution is 9.10. The fourth-order valence-electron chi connectivity index (χ4n) is 2.68. The van der Waals surface area contributed by atoms with E-state index in [1.165, 1.54) is 24.2 Å². The van der Waals surface area contributed by atoms with Crippen molar-refractivity contribution < 1.29 is 0 Å². The van der Waals surface area contributed by atoms with Gasteiger partial charge in [0.1, 0.15) is 5.82 Å². The molecule has 0 amide bonds. The first-order valence-electron chi connectivity index (χ1n) is 6.80. The second-order valence-corrected chi connectivity index (χ2v) is 5.95. The van der Waals surface area contributed by atoms with Crippen LogP contribution in [0.5, 0.6) is 0 Å². The molecule has 0 spiro atoms. The molecule has 100 valence electrons. The summed E-state index contributed by atoms with van der Waals surface area (Å²) in [6, 6.07) is 9.10. The number of halogens is 1. The maximum absolute atomic E-state index is 4.54. The molecule has 1 aromatic carbocycles. The summed E-state index contributed by atoms with van der Waals surface area (Å²) in [6.45, 7) is 2.22. The molecule has 3 rings (SSSR count). The first kappa shape index (κ1) is 12.9. The van der Waals surface area contributed by atoms with Crippen LogP contribution in [0.1, 0.15) is 30.3 Å². The number of aromatic nitrogens is 2. The van der Waals surface area contributed by atoms with Crippen LogP contribution < -0.4 is 5.32 Å². The summed E-state index contributed by atoms with van der Waals surface area (Å²) in [5.74, 6) is 1.18. The van der Waals surface area contributed by atoms with Gasteiger partial charge in [0, 0.05) is 29.3 Å². The van der Waals surface area contributed by atoms with E-state index in [9.17, 15) is 0 Å². The maximum Gasteiger partial charge on any atom is 0.113 e. The Kier molecular flexibility index (Phi) is 3.99. The highest BCUT2D eigenvalue weighted by atomic mass is 79.9. The third kappa shape index (κ3) is 3.07. The van der Waals surface area contributed by atoms with Crippen molar-refractivity contribution in [1.29, 1.82) is 0 Å². The van der Waals surface area contributed by atoms with Crippen molar-refractivity contribution in [2.45, 2.75) is 25.3 Å². The van der Waals surface area contributed by atoms with Gasteiger partial charge in [-0.05, 0) is 43.6 Å². The molecule has 0 aliphatic carbocycles. The molecule has 1 saturated heterocycles. The van der Waals surface area contributed by atoms with E-state index in [0.29, 0.717) is 6.04 Å². The summed E-state index contributed by atoms with van der Waals surface area (Å²) >= 11 is 3.47. The number of benzene rings is 1. The molecule has 2 heterocycles. The van der Waals surface area contributed by atoms with Gasteiger partial charge >= 0.3 is 0 Å². The first-order valence-corrected chi connectivity index (χ1v) is 7.59. The third-order valence-corrected chi connectivity index (χ3v) is 4.26. The van der Waals surface area contributed by atoms with Crippen LogP contribution in [-0.4, -0.2) is 22.6 Å². The van der Waals surface area contributed by atoms with Crippen molar-refractivity contribution in [3.05, 3.63) is 52.5 Å². The number of nitrogens with one attached hydrogen (secondary N) is 1. The molecule has 0 radical (unpaired) electrons. The maximum atomic E-state index is 4.54. The van der Waals surface area contributed by atoms with E-state index in [-0.39, 0.29) is 0 Å². The highest BCUT2D eigenvalue weighted by Crippen LogP contribution is 2.22. The largest absolute Gasteiger partial charge is 0.332 e. The van der Waals surface area contributed by atoms with E-state index < -0.39 is 0 Å². The minimum Gasteiger partial charge on any atom is -0.332 e. The van der Waals surface area contributed by atoms with Crippen LogP contribution in [0.15, 0.2) is 41.1 Å². The molecule has 1 fully saturated rings. The number of piperidine rings is 1. The number of rotatable bonds is 3. The van der Waals surface area contributed by atoms with Crippen molar-refractivity contribution >= 4 is 15.9 Å². The van der Waals surface area contributed by atoms with Gasteiger partial charge in [-0.25, -0.2) is 4.98 Å². The van der Waals surface area contributed by atoms with Gasteiger partial charge in [-0.2, -0.15) is 0 Å². The summed E-state index contributed by atoms with van der Waals surface area (Å²) in [5.41, 5.74) is 1.31. The quantitative estimate of drug-likeness (QED) is 0.941. The van der Waals surface area contributed by atoms with E-state index in [2.05, 4.69) is 61.3 Å². The summed E-state index contributed by atoms with van der Waals surface area (Å²) in [4.78, 5) is 4.54. The number of hydrogen-bond acceptors (Lipinski definition) is 2. The Morgan fingerprint density at radius 3 is 2.68 bits per heavy atom. The SMILES string of the molecule is Brc1ccc(Cc2nccn2C2CCNCC2)cc1. The second-order valence-electron chi connectivity index (χ2n) is 5.04. The lowest BCUT2D eigenvalue weighted by Crippen LogP contribution is -2.29. The molecule has 19 heavy (non-hydrogen) atoms. The van der Waals surface area contributed by atoms with Crippen LogP contribution >= 0.6 is 15.9 Å². The van der Waals surface area contributed by atoms with Crippen molar-refractivity contribution in [3.8, 4) is 0 Å². The van der Waals surface area contributed by atoms with Crippen molar-refractivity contribution in [2.24, 2.45) is 0 Å². The summed E-state index contributed by atoms with van der Waals surface area (Å²) in [5, 5.41) is 3.41. The predicted octanol–water partition coefficient (Wildman–Crippen LogP) is 3.16. The molecule has 0 saturated carbocycles. The average Bonchev–Trinajstić information content (AvgIpc) is 2.90. The number of nitrogens with zero attached hydrogens (tertiary/aromatic N) is 2. The molecule has 1 aliphatic rings. The van der Waals surface area contributed by atoms with Gasteiger partial charge in [0.25, 0.3) is 0 Å². The second kappa shape index (κ2) is 5.88. The number of imidazole rings is 1. The van der Waals surface area contributed by atoms with Crippen LogP contribution in [0.25, 0.3) is 0 Å². The average molecular weight is 320 g/mol. The van der Waals surface area contributed by atoms with Gasteiger partial charge < -0.3 is 9.88 Å². The highest BCUT2D eigenvalue weighted by Gasteiger charge is 2.17. The summed E-state index contributed by atoms with van der Waals surface area (Å²) < 4.78 is 3.49. The van der Waals surface area contributed by atoms with Crippen molar-refractivity contribution in [3.63, 3.8) is 0 Å². The predicted molar refractivity (Wildman–Crippen MR) is 80.3 cm³/mol. The summed E-state index contributed by atoms with van der Waals surface area (Å²) in [6.07, 6.45) is 7.36. The fraction of sp³-hybridized carbons (Fsp3) is 0.400.